The van der Waals surface area contributed by atoms with Gasteiger partial charge < -0.3 is 20.2 Å². The van der Waals surface area contributed by atoms with Crippen LogP contribution < -0.4 is 20.8 Å². The van der Waals surface area contributed by atoms with Crippen molar-refractivity contribution >= 4 is 0 Å². The van der Waals surface area contributed by atoms with E-state index >= 15 is 0 Å². The van der Waals surface area contributed by atoms with Gasteiger partial charge in [-0.2, -0.15) is 0 Å². The van der Waals surface area contributed by atoms with Crippen LogP contribution in [-0.4, -0.2) is 30.7 Å². The zero-order valence-electron chi connectivity index (χ0n) is 12.2. The molecule has 0 aliphatic carbocycles. The Morgan fingerprint density at radius 3 is 2.71 bits per heavy atom. The summed E-state index contributed by atoms with van der Waals surface area (Å²) in [6.45, 7) is 0.565. The Labute approximate surface area is 122 Å². The molecule has 3 N–H and O–H groups in total. The molecule has 0 fully saturated rings. The zero-order chi connectivity index (χ0) is 15.2. The van der Waals surface area contributed by atoms with Gasteiger partial charge in [-0.15, -0.1) is 0 Å². The first-order valence-electron chi connectivity index (χ1n) is 6.70. The van der Waals surface area contributed by atoms with Crippen LogP contribution in [0, 0.1) is 0 Å². The van der Waals surface area contributed by atoms with E-state index in [9.17, 15) is 4.79 Å². The minimum atomic E-state index is -0.190. The Kier molecular flexibility index (Phi) is 4.94. The van der Waals surface area contributed by atoms with E-state index in [1.807, 2.05) is 6.07 Å². The highest BCUT2D eigenvalue weighted by Crippen LogP contribution is 2.30. The monoisotopic (exact) mass is 289 g/mol. The van der Waals surface area contributed by atoms with E-state index in [-0.39, 0.29) is 5.56 Å². The molecule has 6 nitrogen and oxygen atoms in total. The minimum Gasteiger partial charge on any atom is -0.497 e. The van der Waals surface area contributed by atoms with Crippen LogP contribution in [0.2, 0.25) is 0 Å². The van der Waals surface area contributed by atoms with E-state index in [1.54, 1.807) is 26.4 Å². The third-order valence-electron chi connectivity index (χ3n) is 3.10. The smallest absolute Gasteiger partial charge is 0.251 e. The quantitative estimate of drug-likeness (QED) is 0.837. The summed E-state index contributed by atoms with van der Waals surface area (Å²) < 4.78 is 10.5. The van der Waals surface area contributed by atoms with Crippen molar-refractivity contribution < 1.29 is 9.47 Å². The van der Waals surface area contributed by atoms with Crippen LogP contribution in [0.15, 0.2) is 29.1 Å². The Morgan fingerprint density at radius 1 is 1.24 bits per heavy atom. The number of methoxy groups -OCH3 is 2. The molecule has 1 heterocycles. The average Bonchev–Trinajstić information content (AvgIpc) is 2.51. The molecule has 0 unspecified atom stereocenters. The summed E-state index contributed by atoms with van der Waals surface area (Å²) in [7, 11) is 3.15. The summed E-state index contributed by atoms with van der Waals surface area (Å²) in [4.78, 5) is 19.0. The van der Waals surface area contributed by atoms with Crippen molar-refractivity contribution in [2.45, 2.75) is 12.8 Å². The number of rotatable bonds is 6. The second-order valence-electron chi connectivity index (χ2n) is 4.54. The first-order valence-corrected chi connectivity index (χ1v) is 6.70. The lowest BCUT2D eigenvalue weighted by atomic mass is 10.1. The lowest BCUT2D eigenvalue weighted by Crippen LogP contribution is -2.12. The summed E-state index contributed by atoms with van der Waals surface area (Å²) in [5.41, 5.74) is 6.74. The topological polar surface area (TPSA) is 90.2 Å². The first kappa shape index (κ1) is 15.1. The molecule has 6 heteroatoms. The van der Waals surface area contributed by atoms with Crippen molar-refractivity contribution in [1.82, 2.24) is 9.97 Å². The Bertz CT molecular complexity index is 667. The lowest BCUT2D eigenvalue weighted by Gasteiger charge is -2.10. The van der Waals surface area contributed by atoms with Gasteiger partial charge in [-0.1, -0.05) is 0 Å². The number of hydrogen-bond donors (Lipinski definition) is 2. The van der Waals surface area contributed by atoms with Gasteiger partial charge in [0.1, 0.15) is 17.3 Å². The van der Waals surface area contributed by atoms with Gasteiger partial charge in [-0.25, -0.2) is 4.98 Å². The first-order chi connectivity index (χ1) is 10.2. The van der Waals surface area contributed by atoms with Gasteiger partial charge in [0.25, 0.3) is 5.56 Å². The number of aryl methyl sites for hydroxylation is 1. The van der Waals surface area contributed by atoms with E-state index in [2.05, 4.69) is 9.97 Å². The molecule has 0 saturated heterocycles. The van der Waals surface area contributed by atoms with Gasteiger partial charge in [0.15, 0.2) is 0 Å². The molecule has 21 heavy (non-hydrogen) atoms. The number of hydrogen-bond acceptors (Lipinski definition) is 5. The molecule has 1 aromatic heterocycles. The predicted molar refractivity (Wildman–Crippen MR) is 80.8 cm³/mol. The molecule has 2 aromatic rings. The average molecular weight is 289 g/mol. The van der Waals surface area contributed by atoms with Gasteiger partial charge in [0, 0.05) is 17.8 Å². The fourth-order valence-electron chi connectivity index (χ4n) is 2.04. The van der Waals surface area contributed by atoms with Gasteiger partial charge in [-0.3, -0.25) is 4.79 Å². The van der Waals surface area contributed by atoms with Crippen molar-refractivity contribution in [3.8, 4) is 22.9 Å². The largest absolute Gasteiger partial charge is 0.497 e. The summed E-state index contributed by atoms with van der Waals surface area (Å²) in [5.74, 6) is 1.75. The summed E-state index contributed by atoms with van der Waals surface area (Å²) in [6.07, 6.45) is 1.46. The molecule has 0 spiro atoms. The van der Waals surface area contributed by atoms with Crippen molar-refractivity contribution in [3.05, 3.63) is 40.3 Å². The number of nitrogens with two attached hydrogens (primary N) is 1. The second-order valence-corrected chi connectivity index (χ2v) is 4.54. The van der Waals surface area contributed by atoms with Crippen LogP contribution in [0.3, 0.4) is 0 Å². The molecule has 112 valence electrons. The Hall–Kier alpha value is -2.34. The third-order valence-corrected chi connectivity index (χ3v) is 3.10. The van der Waals surface area contributed by atoms with Gasteiger partial charge in [0.2, 0.25) is 0 Å². The van der Waals surface area contributed by atoms with Crippen molar-refractivity contribution in [2.24, 2.45) is 5.73 Å². The molecular formula is C15H19N3O3. The number of aromatic nitrogens is 2. The Morgan fingerprint density at radius 2 is 2.05 bits per heavy atom. The Balaban J connectivity index is 2.45. The lowest BCUT2D eigenvalue weighted by molar-refractivity contribution is 0.395. The van der Waals surface area contributed by atoms with Crippen LogP contribution in [0.1, 0.15) is 12.1 Å². The fourth-order valence-corrected chi connectivity index (χ4v) is 2.04. The molecule has 0 saturated carbocycles. The maximum Gasteiger partial charge on any atom is 0.251 e. The van der Waals surface area contributed by atoms with Crippen LogP contribution in [0.4, 0.5) is 0 Å². The zero-order valence-corrected chi connectivity index (χ0v) is 12.2. The molecule has 2 rings (SSSR count). The van der Waals surface area contributed by atoms with Gasteiger partial charge >= 0.3 is 0 Å². The number of nitrogens with one attached hydrogen (secondary N) is 1. The number of benzene rings is 1. The predicted octanol–water partition coefficient (Wildman–Crippen LogP) is 1.35. The fraction of sp³-hybridized carbons (Fsp3) is 0.333. The van der Waals surface area contributed by atoms with Crippen LogP contribution in [-0.2, 0) is 6.42 Å². The van der Waals surface area contributed by atoms with E-state index in [0.717, 1.165) is 12.1 Å². The molecule has 0 atom stereocenters. The molecular weight excluding hydrogens is 270 g/mol. The van der Waals surface area contributed by atoms with Crippen LogP contribution >= 0.6 is 0 Å². The van der Waals surface area contributed by atoms with Crippen LogP contribution in [0.25, 0.3) is 11.4 Å². The minimum absolute atomic E-state index is 0.190. The normalized spacial score (nSPS) is 10.4. The molecule has 0 bridgehead atoms. The molecule has 1 aromatic carbocycles. The third kappa shape index (κ3) is 3.61. The maximum absolute atomic E-state index is 11.8. The van der Waals surface area contributed by atoms with Crippen molar-refractivity contribution in [3.63, 3.8) is 0 Å². The standard InChI is InChI=1S/C15H19N3O3/c1-20-11-5-6-12(13(9-11)21-2)15-17-10(4-3-7-16)8-14(19)18-15/h5-6,8-9H,3-4,7,16H2,1-2H3,(H,17,18,19). The summed E-state index contributed by atoms with van der Waals surface area (Å²) >= 11 is 0. The van der Waals surface area contributed by atoms with E-state index < -0.39 is 0 Å². The van der Waals surface area contributed by atoms with E-state index in [1.165, 1.54) is 6.07 Å². The molecule has 0 aliphatic heterocycles. The van der Waals surface area contributed by atoms with E-state index in [0.29, 0.717) is 35.9 Å². The van der Waals surface area contributed by atoms with Gasteiger partial charge in [-0.05, 0) is 31.5 Å². The summed E-state index contributed by atoms with van der Waals surface area (Å²) in [6, 6.07) is 6.85. The number of ether oxygens (including phenoxy) is 2. The second kappa shape index (κ2) is 6.90. The summed E-state index contributed by atoms with van der Waals surface area (Å²) in [5, 5.41) is 0. The SMILES string of the molecule is COc1ccc(-c2nc(CCCN)cc(=O)[nH]2)c(OC)c1. The molecule has 0 aliphatic rings. The van der Waals surface area contributed by atoms with Crippen molar-refractivity contribution in [1.29, 1.82) is 0 Å². The van der Waals surface area contributed by atoms with Gasteiger partial charge in [0.05, 0.1) is 19.8 Å². The highest BCUT2D eigenvalue weighted by molar-refractivity contribution is 5.65. The highest BCUT2D eigenvalue weighted by Gasteiger charge is 2.11. The van der Waals surface area contributed by atoms with Crippen molar-refractivity contribution in [2.75, 3.05) is 20.8 Å². The van der Waals surface area contributed by atoms with Crippen LogP contribution in [0.5, 0.6) is 11.5 Å². The highest BCUT2D eigenvalue weighted by atomic mass is 16.5. The number of aromatic amines is 1. The molecule has 0 amide bonds. The van der Waals surface area contributed by atoms with E-state index in [4.69, 9.17) is 15.2 Å². The number of nitrogens with zero attached hydrogens (tertiary/aromatic N) is 1. The molecule has 0 radical (unpaired) electrons. The number of H-pyrrole nitrogens is 1. The maximum atomic E-state index is 11.8.